The van der Waals surface area contributed by atoms with Crippen molar-refractivity contribution >= 4 is 38.6 Å². The van der Waals surface area contributed by atoms with Gasteiger partial charge in [-0.25, -0.2) is 13.4 Å². The maximum atomic E-state index is 12.7. The Morgan fingerprint density at radius 3 is 2.83 bits per heavy atom. The predicted molar refractivity (Wildman–Crippen MR) is 93.8 cm³/mol. The number of thioether (sulfide) groups is 1. The van der Waals surface area contributed by atoms with Gasteiger partial charge >= 0.3 is 0 Å². The molecular formula is C16H20N2O4S2. The molecule has 3 rings (SSSR count). The number of oxazole rings is 1. The molecule has 0 radical (unpaired) electrons. The average Bonchev–Trinajstić information content (AvgIpc) is 3.10. The lowest BCUT2D eigenvalue weighted by Crippen LogP contribution is -2.44. The third kappa shape index (κ3) is 3.59. The van der Waals surface area contributed by atoms with E-state index in [2.05, 4.69) is 4.98 Å². The predicted octanol–water partition coefficient (Wildman–Crippen LogP) is 2.34. The summed E-state index contributed by atoms with van der Waals surface area (Å²) in [5.74, 6) is 0.146. The van der Waals surface area contributed by atoms with Crippen molar-refractivity contribution in [1.29, 1.82) is 0 Å². The van der Waals surface area contributed by atoms with Gasteiger partial charge in [0, 0.05) is 12.6 Å². The monoisotopic (exact) mass is 368 g/mol. The van der Waals surface area contributed by atoms with Crippen LogP contribution in [0.25, 0.3) is 11.1 Å². The summed E-state index contributed by atoms with van der Waals surface area (Å²) in [5, 5.41) is 0.0634. The molecule has 1 aliphatic heterocycles. The van der Waals surface area contributed by atoms with Crippen molar-refractivity contribution in [3.05, 3.63) is 24.3 Å². The Morgan fingerprint density at radius 2 is 2.21 bits per heavy atom. The van der Waals surface area contributed by atoms with E-state index in [4.69, 9.17) is 4.42 Å². The average molecular weight is 368 g/mol. The van der Waals surface area contributed by atoms with Crippen LogP contribution in [0.15, 0.2) is 33.9 Å². The van der Waals surface area contributed by atoms with Crippen LogP contribution in [-0.2, 0) is 14.6 Å². The first kappa shape index (κ1) is 17.3. The second-order valence-corrected chi connectivity index (χ2v) is 9.41. The Balaban J connectivity index is 1.71. The molecule has 0 spiro atoms. The van der Waals surface area contributed by atoms with E-state index in [0.29, 0.717) is 23.8 Å². The number of nitrogens with zero attached hydrogens (tertiary/aromatic N) is 2. The van der Waals surface area contributed by atoms with Crippen molar-refractivity contribution in [2.24, 2.45) is 0 Å². The lowest BCUT2D eigenvalue weighted by Gasteiger charge is -2.28. The highest BCUT2D eigenvalue weighted by atomic mass is 32.2. The number of hydrogen-bond donors (Lipinski definition) is 0. The van der Waals surface area contributed by atoms with E-state index < -0.39 is 9.84 Å². The van der Waals surface area contributed by atoms with Crippen LogP contribution in [0, 0.1) is 0 Å². The van der Waals surface area contributed by atoms with E-state index in [1.54, 1.807) is 11.8 Å². The molecule has 6 nitrogen and oxygen atoms in total. The first-order chi connectivity index (χ1) is 11.4. The van der Waals surface area contributed by atoms with Crippen LogP contribution in [0.5, 0.6) is 0 Å². The molecular weight excluding hydrogens is 348 g/mol. The number of carbonyl (C=O) groups is 1. The van der Waals surface area contributed by atoms with Gasteiger partial charge in [-0.2, -0.15) is 0 Å². The maximum absolute atomic E-state index is 12.7. The second kappa shape index (κ2) is 6.76. The number of rotatable bonds is 5. The van der Waals surface area contributed by atoms with Crippen molar-refractivity contribution in [2.75, 3.05) is 18.1 Å². The summed E-state index contributed by atoms with van der Waals surface area (Å²) in [5.41, 5.74) is 1.45. The van der Waals surface area contributed by atoms with Crippen molar-refractivity contribution in [3.8, 4) is 0 Å². The number of sulfone groups is 1. The third-order valence-electron chi connectivity index (χ3n) is 4.17. The molecule has 1 aromatic heterocycles. The number of amides is 1. The van der Waals surface area contributed by atoms with E-state index in [9.17, 15) is 13.2 Å². The van der Waals surface area contributed by atoms with Gasteiger partial charge in [-0.15, -0.1) is 0 Å². The Labute approximate surface area is 145 Å². The van der Waals surface area contributed by atoms with Crippen molar-refractivity contribution in [2.45, 2.75) is 36.8 Å². The van der Waals surface area contributed by atoms with Gasteiger partial charge in [0.25, 0.3) is 5.22 Å². The number of fused-ring (bicyclic) bond motifs is 1. The summed E-state index contributed by atoms with van der Waals surface area (Å²) in [4.78, 5) is 18.8. The van der Waals surface area contributed by atoms with Gasteiger partial charge in [0.2, 0.25) is 5.91 Å². The Hall–Kier alpha value is -1.54. The van der Waals surface area contributed by atoms with Crippen LogP contribution < -0.4 is 0 Å². The highest BCUT2D eigenvalue weighted by Crippen LogP contribution is 2.28. The minimum Gasteiger partial charge on any atom is -0.431 e. The van der Waals surface area contributed by atoms with Crippen LogP contribution in [0.4, 0.5) is 0 Å². The molecule has 0 unspecified atom stereocenters. The van der Waals surface area contributed by atoms with Gasteiger partial charge in [-0.05, 0) is 32.4 Å². The quantitative estimate of drug-likeness (QED) is 0.754. The van der Waals surface area contributed by atoms with Crippen molar-refractivity contribution in [1.82, 2.24) is 9.88 Å². The zero-order valence-electron chi connectivity index (χ0n) is 13.6. The molecule has 130 valence electrons. The van der Waals surface area contributed by atoms with Crippen LogP contribution in [0.1, 0.15) is 20.3 Å². The maximum Gasteiger partial charge on any atom is 0.257 e. The van der Waals surface area contributed by atoms with E-state index >= 15 is 0 Å². The molecule has 0 bridgehead atoms. The molecule has 1 saturated heterocycles. The summed E-state index contributed by atoms with van der Waals surface area (Å²) in [6, 6.07) is 7.22. The number of hydrogen-bond acceptors (Lipinski definition) is 6. The normalized spacial score (nSPS) is 21.0. The van der Waals surface area contributed by atoms with Crippen molar-refractivity contribution in [3.63, 3.8) is 0 Å². The molecule has 2 atom stereocenters. The molecule has 1 aromatic carbocycles. The summed E-state index contributed by atoms with van der Waals surface area (Å²) >= 11 is 1.26. The summed E-state index contributed by atoms with van der Waals surface area (Å²) in [6.45, 7) is 4.17. The molecule has 1 amide bonds. The smallest absolute Gasteiger partial charge is 0.257 e. The molecule has 0 N–H and O–H groups in total. The van der Waals surface area contributed by atoms with Crippen molar-refractivity contribution < 1.29 is 17.6 Å². The minimum absolute atomic E-state index is 0.0624. The van der Waals surface area contributed by atoms with Gasteiger partial charge in [0.15, 0.2) is 15.4 Å². The fourth-order valence-corrected chi connectivity index (χ4v) is 5.51. The van der Waals surface area contributed by atoms with E-state index in [1.807, 2.05) is 31.2 Å². The lowest BCUT2D eigenvalue weighted by molar-refractivity contribution is -0.131. The first-order valence-electron chi connectivity index (χ1n) is 7.93. The van der Waals surface area contributed by atoms with E-state index in [0.717, 1.165) is 5.52 Å². The number of para-hydroxylation sites is 2. The standard InChI is InChI=1S/C16H20N2O4S2/c1-3-18(12-8-9-24(20,21)10-12)15(19)11(2)23-16-17-13-6-4-5-7-14(13)22-16/h4-7,11-12H,3,8-10H2,1-2H3/t11-,12+/m0/s1. The number of benzene rings is 1. The van der Waals surface area contributed by atoms with Crippen LogP contribution in [0.3, 0.4) is 0 Å². The first-order valence-corrected chi connectivity index (χ1v) is 10.6. The van der Waals surface area contributed by atoms with Crippen LogP contribution >= 0.6 is 11.8 Å². The molecule has 8 heteroatoms. The van der Waals surface area contributed by atoms with Gasteiger partial charge in [-0.3, -0.25) is 4.79 Å². The number of aromatic nitrogens is 1. The molecule has 2 heterocycles. The Kier molecular flexibility index (Phi) is 4.87. The highest BCUT2D eigenvalue weighted by molar-refractivity contribution is 8.00. The molecule has 2 aromatic rings. The largest absolute Gasteiger partial charge is 0.431 e. The van der Waals surface area contributed by atoms with Crippen LogP contribution in [-0.4, -0.2) is 53.6 Å². The summed E-state index contributed by atoms with van der Waals surface area (Å²) in [7, 11) is -3.02. The lowest BCUT2D eigenvalue weighted by atomic mass is 10.2. The fraction of sp³-hybridized carbons (Fsp3) is 0.500. The molecule has 1 aliphatic rings. The van der Waals surface area contributed by atoms with E-state index in [-0.39, 0.29) is 28.7 Å². The number of carbonyl (C=O) groups excluding carboxylic acids is 1. The van der Waals surface area contributed by atoms with E-state index in [1.165, 1.54) is 11.8 Å². The SMILES string of the molecule is CCN(C(=O)[C@H](C)Sc1nc2ccccc2o1)[C@@H]1CCS(=O)(=O)C1. The van der Waals surface area contributed by atoms with Gasteiger partial charge in [-0.1, -0.05) is 23.9 Å². The summed E-state index contributed by atoms with van der Waals surface area (Å²) in [6.07, 6.45) is 0.516. The Bertz CT molecular complexity index is 814. The topological polar surface area (TPSA) is 80.5 Å². The fourth-order valence-electron chi connectivity index (χ4n) is 2.95. The zero-order valence-corrected chi connectivity index (χ0v) is 15.3. The molecule has 1 fully saturated rings. The second-order valence-electron chi connectivity index (χ2n) is 5.89. The molecule has 0 saturated carbocycles. The minimum atomic E-state index is -3.02. The van der Waals surface area contributed by atoms with Crippen LogP contribution in [0.2, 0.25) is 0 Å². The zero-order chi connectivity index (χ0) is 17.3. The molecule has 0 aliphatic carbocycles. The Morgan fingerprint density at radius 1 is 1.46 bits per heavy atom. The summed E-state index contributed by atoms with van der Waals surface area (Å²) < 4.78 is 29.0. The van der Waals surface area contributed by atoms with Gasteiger partial charge in [0.1, 0.15) is 5.52 Å². The van der Waals surface area contributed by atoms with Gasteiger partial charge in [0.05, 0.1) is 16.8 Å². The molecule has 24 heavy (non-hydrogen) atoms. The highest BCUT2D eigenvalue weighted by Gasteiger charge is 2.35. The third-order valence-corrected chi connectivity index (χ3v) is 6.85. The van der Waals surface area contributed by atoms with Gasteiger partial charge < -0.3 is 9.32 Å².